The molecule has 0 aliphatic carbocycles. The minimum Gasteiger partial charge on any atom is -1.00 e. The van der Waals surface area contributed by atoms with Gasteiger partial charge in [-0.1, -0.05) is 12.1 Å². The maximum atomic E-state index is 12.1. The molecule has 1 aromatic carbocycles. The van der Waals surface area contributed by atoms with E-state index in [9.17, 15) is 9.18 Å². The van der Waals surface area contributed by atoms with Crippen LogP contribution in [0.25, 0.3) is 0 Å². The second-order valence-corrected chi connectivity index (χ2v) is 1.61. The number of carbonyl (C=O) groups excluding carboxylic acids is 1. The molecule has 1 rings (SSSR count). The Morgan fingerprint density at radius 3 is 2.00 bits per heavy atom. The molecular formula is C7H4BrFMgO. The van der Waals surface area contributed by atoms with E-state index in [2.05, 4.69) is 0 Å². The molecule has 0 aliphatic rings. The molecule has 0 spiro atoms. The molecule has 0 radical (unpaired) electrons. The van der Waals surface area contributed by atoms with Crippen LogP contribution in [0.4, 0.5) is 4.39 Å². The zero-order valence-electron chi connectivity index (χ0n) is 5.68. The molecule has 0 amide bonds. The molecule has 0 bridgehead atoms. The Hall–Kier alpha value is 0.0662. The van der Waals surface area contributed by atoms with Gasteiger partial charge in [-0.15, -0.1) is 0 Å². The first-order chi connectivity index (χ1) is 4.33. The monoisotopic (exact) mass is 226 g/mol. The smallest absolute Gasteiger partial charge is 1.00 e. The first kappa shape index (κ1) is 13.6. The van der Waals surface area contributed by atoms with E-state index in [0.29, 0.717) is 5.56 Å². The second kappa shape index (κ2) is 6.76. The molecule has 0 atom stereocenters. The van der Waals surface area contributed by atoms with Gasteiger partial charge in [0.15, 0.2) is 0 Å². The molecule has 4 heteroatoms. The molecule has 11 heavy (non-hydrogen) atoms. The minimum atomic E-state index is -0.339. The van der Waals surface area contributed by atoms with Crippen molar-refractivity contribution in [1.82, 2.24) is 0 Å². The number of rotatable bonds is 1. The van der Waals surface area contributed by atoms with E-state index in [1.807, 2.05) is 0 Å². The van der Waals surface area contributed by atoms with Crippen molar-refractivity contribution in [2.45, 2.75) is 0 Å². The molecule has 0 aliphatic heterocycles. The van der Waals surface area contributed by atoms with Crippen LogP contribution in [-0.4, -0.2) is 29.3 Å². The third kappa shape index (κ3) is 4.50. The van der Waals surface area contributed by atoms with Crippen LogP contribution in [0.1, 0.15) is 5.56 Å². The summed E-state index contributed by atoms with van der Waals surface area (Å²) in [5.41, 5.74) is 0.372. The maximum absolute atomic E-state index is 12.1. The van der Waals surface area contributed by atoms with Gasteiger partial charge in [0.25, 0.3) is 0 Å². The molecule has 1 aromatic rings. The van der Waals surface area contributed by atoms with Crippen LogP contribution in [0.3, 0.4) is 0 Å². The Morgan fingerprint density at radius 1 is 1.18 bits per heavy atom. The van der Waals surface area contributed by atoms with Crippen molar-refractivity contribution < 1.29 is 26.2 Å². The van der Waals surface area contributed by atoms with E-state index >= 15 is 0 Å². The molecule has 0 N–H and O–H groups in total. The SMILES string of the molecule is O=[C-]c1ccc(F)cc1.[Br-].[Mg+2]. The van der Waals surface area contributed by atoms with E-state index in [1.54, 1.807) is 6.29 Å². The van der Waals surface area contributed by atoms with Gasteiger partial charge in [-0.05, 0) is 0 Å². The number of hydrogen-bond acceptors (Lipinski definition) is 1. The predicted octanol–water partition coefficient (Wildman–Crippen LogP) is -2.09. The van der Waals surface area contributed by atoms with Gasteiger partial charge in [-0.3, -0.25) is 0 Å². The molecule has 54 valence electrons. The van der Waals surface area contributed by atoms with Gasteiger partial charge in [-0.2, -0.15) is 17.7 Å². The fourth-order valence-corrected chi connectivity index (χ4v) is 0.518. The largest absolute Gasteiger partial charge is 2.00 e. The van der Waals surface area contributed by atoms with Crippen LogP contribution in [-0.2, 0) is 4.79 Å². The summed E-state index contributed by atoms with van der Waals surface area (Å²) in [7, 11) is 0. The number of benzene rings is 1. The molecule has 0 fully saturated rings. The zero-order valence-corrected chi connectivity index (χ0v) is 8.68. The summed E-state index contributed by atoms with van der Waals surface area (Å²) in [4.78, 5) is 9.87. The van der Waals surface area contributed by atoms with Crippen LogP contribution in [0.15, 0.2) is 24.3 Å². The fourth-order valence-electron chi connectivity index (χ4n) is 0.518. The van der Waals surface area contributed by atoms with Gasteiger partial charge in [0.1, 0.15) is 0 Å². The van der Waals surface area contributed by atoms with E-state index in [0.717, 1.165) is 0 Å². The molecule has 1 nitrogen and oxygen atoms in total. The van der Waals surface area contributed by atoms with E-state index in [4.69, 9.17) is 0 Å². The second-order valence-electron chi connectivity index (χ2n) is 1.61. The third-order valence-electron chi connectivity index (χ3n) is 0.962. The van der Waals surface area contributed by atoms with Gasteiger partial charge in [0.05, 0.1) is 12.1 Å². The average Bonchev–Trinajstić information content (AvgIpc) is 1.90. The van der Waals surface area contributed by atoms with Crippen molar-refractivity contribution in [2.75, 3.05) is 0 Å². The standard InChI is InChI=1S/C7H4FO.BrH.Mg/c8-7-3-1-6(5-9)2-4-7;;/h1-4H;1H;/q-1;;+2/p-1. The fraction of sp³-hybridized carbons (Fsp3) is 0. The average molecular weight is 227 g/mol. The van der Waals surface area contributed by atoms with Crippen molar-refractivity contribution in [1.29, 1.82) is 0 Å². The van der Waals surface area contributed by atoms with Crippen molar-refractivity contribution in [3.05, 3.63) is 35.6 Å². The van der Waals surface area contributed by atoms with Gasteiger partial charge in [-0.25, -0.2) is 4.39 Å². The van der Waals surface area contributed by atoms with Crippen molar-refractivity contribution >= 4 is 29.3 Å². The van der Waals surface area contributed by atoms with Gasteiger partial charge < -0.3 is 21.8 Å². The Labute approximate surface area is 90.9 Å². The summed E-state index contributed by atoms with van der Waals surface area (Å²) in [6, 6.07) is 5.20. The van der Waals surface area contributed by atoms with Crippen LogP contribution >= 0.6 is 0 Å². The van der Waals surface area contributed by atoms with Crippen LogP contribution in [0.5, 0.6) is 0 Å². The van der Waals surface area contributed by atoms with E-state index in [1.165, 1.54) is 24.3 Å². The first-order valence-corrected chi connectivity index (χ1v) is 2.46. The van der Waals surface area contributed by atoms with Crippen molar-refractivity contribution in [3.8, 4) is 0 Å². The first-order valence-electron chi connectivity index (χ1n) is 2.46. The Morgan fingerprint density at radius 2 is 1.64 bits per heavy atom. The Bertz CT molecular complexity index is 212. The van der Waals surface area contributed by atoms with Crippen LogP contribution in [0.2, 0.25) is 0 Å². The van der Waals surface area contributed by atoms with Crippen molar-refractivity contribution in [2.24, 2.45) is 0 Å². The Kier molecular flexibility index (Phi) is 8.38. The number of hydrogen-bond donors (Lipinski definition) is 0. The van der Waals surface area contributed by atoms with Gasteiger partial charge in [0, 0.05) is 0 Å². The quantitative estimate of drug-likeness (QED) is 0.397. The molecule has 0 saturated carbocycles. The molecule has 0 heterocycles. The predicted molar refractivity (Wildman–Crippen MR) is 36.9 cm³/mol. The van der Waals surface area contributed by atoms with E-state index in [-0.39, 0.29) is 45.9 Å². The van der Waals surface area contributed by atoms with Crippen molar-refractivity contribution in [3.63, 3.8) is 0 Å². The normalized spacial score (nSPS) is 7.36. The minimum absolute atomic E-state index is 0. The van der Waals surface area contributed by atoms with E-state index < -0.39 is 0 Å². The molecule has 0 saturated heterocycles. The molecular weight excluding hydrogens is 223 g/mol. The van der Waals surface area contributed by atoms with Gasteiger partial charge >= 0.3 is 23.1 Å². The summed E-state index contributed by atoms with van der Waals surface area (Å²) < 4.78 is 12.1. The topological polar surface area (TPSA) is 17.1 Å². The maximum Gasteiger partial charge on any atom is 2.00 e. The Balaban J connectivity index is 0. The third-order valence-corrected chi connectivity index (χ3v) is 0.962. The summed E-state index contributed by atoms with van der Waals surface area (Å²) in [6.07, 6.45) is 1.64. The summed E-state index contributed by atoms with van der Waals surface area (Å²) in [5.74, 6) is -0.339. The zero-order chi connectivity index (χ0) is 6.69. The number of halogens is 2. The van der Waals surface area contributed by atoms with Crippen LogP contribution in [0, 0.1) is 5.82 Å². The molecule has 0 unspecified atom stereocenters. The van der Waals surface area contributed by atoms with Crippen LogP contribution < -0.4 is 17.0 Å². The summed E-state index contributed by atoms with van der Waals surface area (Å²) in [5, 5.41) is 0. The molecule has 0 aromatic heterocycles. The van der Waals surface area contributed by atoms with Gasteiger partial charge in [0.2, 0.25) is 0 Å². The summed E-state index contributed by atoms with van der Waals surface area (Å²) >= 11 is 0. The summed E-state index contributed by atoms with van der Waals surface area (Å²) in [6.45, 7) is 0.